The third-order valence-electron chi connectivity index (χ3n) is 4.05. The molecule has 140 valence electrons. The highest BCUT2D eigenvalue weighted by atomic mass is 16.6. The molecule has 8 nitrogen and oxygen atoms in total. The molecule has 0 fully saturated rings. The highest BCUT2D eigenvalue weighted by Crippen LogP contribution is 2.21. The van der Waals surface area contributed by atoms with E-state index in [1.807, 2.05) is 32.8 Å². The molecule has 0 aliphatic rings. The lowest BCUT2D eigenvalue weighted by Crippen LogP contribution is -2.32. The van der Waals surface area contributed by atoms with Gasteiger partial charge in [-0.25, -0.2) is 4.68 Å². The Bertz CT molecular complexity index is 781. The van der Waals surface area contributed by atoms with Crippen molar-refractivity contribution in [3.05, 3.63) is 51.3 Å². The number of hydrogen-bond acceptors (Lipinski definition) is 5. The maximum absolute atomic E-state index is 12.7. The molecule has 1 amide bonds. The van der Waals surface area contributed by atoms with Crippen LogP contribution in [0.25, 0.3) is 5.69 Å². The molecule has 2 aromatic rings. The van der Waals surface area contributed by atoms with Gasteiger partial charge in [0.05, 0.1) is 27.6 Å². The lowest BCUT2D eigenvalue weighted by atomic mass is 10.1. The summed E-state index contributed by atoms with van der Waals surface area (Å²) < 4.78 is 1.68. The molecule has 0 radical (unpaired) electrons. The summed E-state index contributed by atoms with van der Waals surface area (Å²) >= 11 is 0. The maximum atomic E-state index is 12.7. The van der Waals surface area contributed by atoms with Crippen molar-refractivity contribution in [3.8, 4) is 5.69 Å². The first-order valence-corrected chi connectivity index (χ1v) is 8.61. The monoisotopic (exact) mass is 359 g/mol. The van der Waals surface area contributed by atoms with E-state index >= 15 is 0 Å². The normalized spacial score (nSPS) is 11.0. The van der Waals surface area contributed by atoms with Gasteiger partial charge in [-0.15, -0.1) is 0 Å². The van der Waals surface area contributed by atoms with E-state index in [1.165, 1.54) is 12.1 Å². The lowest BCUT2D eigenvalue weighted by Gasteiger charge is -2.11. The number of nitrogens with one attached hydrogen (secondary N) is 1. The lowest BCUT2D eigenvalue weighted by molar-refractivity contribution is -0.384. The summed E-state index contributed by atoms with van der Waals surface area (Å²) in [5.74, 6) is -0.138. The van der Waals surface area contributed by atoms with E-state index in [9.17, 15) is 14.9 Å². The molecule has 0 spiro atoms. The zero-order valence-corrected chi connectivity index (χ0v) is 15.7. The fourth-order valence-corrected chi connectivity index (χ4v) is 2.72. The number of carbonyl (C=O) groups is 1. The number of carbonyl (C=O) groups excluding carboxylic acids is 1. The summed E-state index contributed by atoms with van der Waals surface area (Å²) in [6, 6.07) is 6.16. The predicted octanol–water partition coefficient (Wildman–Crippen LogP) is 2.33. The van der Waals surface area contributed by atoms with E-state index < -0.39 is 4.92 Å². The standard InChI is InChI=1S/C18H25N5O3/c1-5-6-16-17(18(24)19-11-12-21(3)4)13(2)22(20-16)14-7-9-15(10-8-14)23(25)26/h7-10H,5-6,11-12H2,1-4H3,(H,19,24). The van der Waals surface area contributed by atoms with E-state index in [4.69, 9.17) is 0 Å². The quantitative estimate of drug-likeness (QED) is 0.577. The first-order valence-electron chi connectivity index (χ1n) is 8.61. The topological polar surface area (TPSA) is 93.3 Å². The molecule has 0 unspecified atom stereocenters. The number of non-ortho nitro benzene ring substituents is 1. The SMILES string of the molecule is CCCc1nn(-c2ccc([N+](=O)[O-])cc2)c(C)c1C(=O)NCCN(C)C. The van der Waals surface area contributed by atoms with Crippen LogP contribution < -0.4 is 5.32 Å². The molecule has 0 aliphatic carbocycles. The summed E-state index contributed by atoms with van der Waals surface area (Å²) in [6.45, 7) is 5.19. The minimum absolute atomic E-state index is 0.0222. The van der Waals surface area contributed by atoms with Gasteiger partial charge in [0.25, 0.3) is 11.6 Å². The van der Waals surface area contributed by atoms with Crippen molar-refractivity contribution in [1.82, 2.24) is 20.0 Å². The summed E-state index contributed by atoms with van der Waals surface area (Å²) in [4.78, 5) is 25.0. The van der Waals surface area contributed by atoms with Gasteiger partial charge in [-0.3, -0.25) is 14.9 Å². The summed E-state index contributed by atoms with van der Waals surface area (Å²) in [6.07, 6.45) is 1.56. The van der Waals surface area contributed by atoms with Crippen LogP contribution in [0.5, 0.6) is 0 Å². The number of nitro groups is 1. The number of amides is 1. The molecule has 1 aromatic carbocycles. The molecule has 1 heterocycles. The molecule has 0 atom stereocenters. The summed E-state index contributed by atoms with van der Waals surface area (Å²) in [5.41, 5.74) is 2.77. The predicted molar refractivity (Wildman–Crippen MR) is 99.8 cm³/mol. The van der Waals surface area contributed by atoms with E-state index in [2.05, 4.69) is 10.4 Å². The second-order valence-corrected chi connectivity index (χ2v) is 6.40. The molecule has 0 aliphatic heterocycles. The van der Waals surface area contributed by atoms with Crippen LogP contribution in [0.4, 0.5) is 5.69 Å². The Morgan fingerprint density at radius 2 is 1.96 bits per heavy atom. The molecule has 0 saturated carbocycles. The highest BCUT2D eigenvalue weighted by Gasteiger charge is 2.21. The molecule has 8 heteroatoms. The average molecular weight is 359 g/mol. The van der Waals surface area contributed by atoms with E-state index in [0.717, 1.165) is 24.4 Å². The number of likely N-dealkylation sites (N-methyl/N-ethyl adjacent to an activating group) is 1. The number of aromatic nitrogens is 2. The van der Waals surface area contributed by atoms with E-state index in [-0.39, 0.29) is 11.6 Å². The van der Waals surface area contributed by atoms with Crippen LogP contribution >= 0.6 is 0 Å². The van der Waals surface area contributed by atoms with Gasteiger partial charge in [-0.05, 0) is 39.6 Å². The van der Waals surface area contributed by atoms with Crippen LogP contribution in [-0.4, -0.2) is 52.7 Å². The van der Waals surface area contributed by atoms with Crippen LogP contribution in [-0.2, 0) is 6.42 Å². The van der Waals surface area contributed by atoms with Crippen molar-refractivity contribution >= 4 is 11.6 Å². The van der Waals surface area contributed by atoms with Crippen molar-refractivity contribution in [2.24, 2.45) is 0 Å². The van der Waals surface area contributed by atoms with E-state index in [0.29, 0.717) is 24.2 Å². The number of nitrogens with zero attached hydrogens (tertiary/aromatic N) is 4. The van der Waals surface area contributed by atoms with Gasteiger partial charge in [0.2, 0.25) is 0 Å². The number of nitro benzene ring substituents is 1. The minimum Gasteiger partial charge on any atom is -0.351 e. The van der Waals surface area contributed by atoms with Crippen molar-refractivity contribution in [2.75, 3.05) is 27.2 Å². The molecule has 1 N–H and O–H groups in total. The third-order valence-corrected chi connectivity index (χ3v) is 4.05. The number of hydrogen-bond donors (Lipinski definition) is 1. The molecular weight excluding hydrogens is 334 g/mol. The molecule has 0 bridgehead atoms. The number of aryl methyl sites for hydroxylation is 1. The number of rotatable bonds is 8. The highest BCUT2D eigenvalue weighted by molar-refractivity contribution is 5.96. The van der Waals surface area contributed by atoms with Crippen molar-refractivity contribution in [1.29, 1.82) is 0 Å². The molecule has 26 heavy (non-hydrogen) atoms. The second kappa shape index (κ2) is 8.57. The van der Waals surface area contributed by atoms with Gasteiger partial charge in [-0.1, -0.05) is 13.3 Å². The Labute approximate surface area is 153 Å². The Morgan fingerprint density at radius 1 is 1.31 bits per heavy atom. The van der Waals surface area contributed by atoms with Crippen LogP contribution in [0.15, 0.2) is 24.3 Å². The van der Waals surface area contributed by atoms with Gasteiger partial charge in [0.1, 0.15) is 0 Å². The van der Waals surface area contributed by atoms with Gasteiger partial charge >= 0.3 is 0 Å². The first-order chi connectivity index (χ1) is 12.3. The van der Waals surface area contributed by atoms with Gasteiger partial charge in [-0.2, -0.15) is 5.10 Å². The second-order valence-electron chi connectivity index (χ2n) is 6.40. The molecule has 0 saturated heterocycles. The fraction of sp³-hybridized carbons (Fsp3) is 0.444. The van der Waals surface area contributed by atoms with Crippen molar-refractivity contribution in [3.63, 3.8) is 0 Å². The maximum Gasteiger partial charge on any atom is 0.269 e. The summed E-state index contributed by atoms with van der Waals surface area (Å²) in [5, 5.41) is 18.3. The molecular formula is C18H25N5O3. The Morgan fingerprint density at radius 3 is 2.50 bits per heavy atom. The molecule has 2 rings (SSSR count). The van der Waals surface area contributed by atoms with Crippen LogP contribution in [0.2, 0.25) is 0 Å². The van der Waals surface area contributed by atoms with Gasteiger partial charge in [0, 0.05) is 25.2 Å². The summed E-state index contributed by atoms with van der Waals surface area (Å²) in [7, 11) is 3.90. The fourth-order valence-electron chi connectivity index (χ4n) is 2.72. The van der Waals surface area contributed by atoms with E-state index in [1.54, 1.807) is 16.8 Å². The van der Waals surface area contributed by atoms with Gasteiger partial charge < -0.3 is 10.2 Å². The van der Waals surface area contributed by atoms with Crippen LogP contribution in [0.3, 0.4) is 0 Å². The van der Waals surface area contributed by atoms with Gasteiger partial charge in [0.15, 0.2) is 0 Å². The minimum atomic E-state index is -0.439. The zero-order chi connectivity index (χ0) is 19.3. The van der Waals surface area contributed by atoms with Crippen LogP contribution in [0.1, 0.15) is 35.1 Å². The smallest absolute Gasteiger partial charge is 0.269 e. The number of benzene rings is 1. The average Bonchev–Trinajstić information content (AvgIpc) is 2.91. The molecule has 1 aromatic heterocycles. The first kappa shape index (κ1) is 19.6. The third kappa shape index (κ3) is 4.45. The van der Waals surface area contributed by atoms with Crippen molar-refractivity contribution in [2.45, 2.75) is 26.7 Å². The zero-order valence-electron chi connectivity index (χ0n) is 15.7. The van der Waals surface area contributed by atoms with Crippen molar-refractivity contribution < 1.29 is 9.72 Å². The largest absolute Gasteiger partial charge is 0.351 e. The Hall–Kier alpha value is -2.74. The Kier molecular flexibility index (Phi) is 6.46. The van der Waals surface area contributed by atoms with Crippen LogP contribution in [0, 0.1) is 17.0 Å². The Balaban J connectivity index is 2.34.